The van der Waals surface area contributed by atoms with Gasteiger partial charge in [-0.3, -0.25) is 4.99 Å². The van der Waals surface area contributed by atoms with Gasteiger partial charge in [0.05, 0.1) is 0 Å². The fraction of sp³-hybridized carbons (Fsp3) is 0.417. The molecule has 0 amide bonds. The molecule has 0 fully saturated rings. The molecule has 0 radical (unpaired) electrons. The van der Waals surface area contributed by atoms with E-state index in [4.69, 9.17) is 5.73 Å². The Balaban J connectivity index is 2.65. The molecule has 1 aromatic carbocycles. The van der Waals surface area contributed by atoms with E-state index < -0.39 is 0 Å². The molecule has 15 heavy (non-hydrogen) atoms. The molecule has 0 aliphatic carbocycles. The van der Waals surface area contributed by atoms with Crippen molar-refractivity contribution in [2.45, 2.75) is 26.5 Å². The maximum absolute atomic E-state index is 5.73. The van der Waals surface area contributed by atoms with E-state index in [-0.39, 0.29) is 0 Å². The molecule has 0 unspecified atom stereocenters. The molecule has 0 aromatic heterocycles. The van der Waals surface area contributed by atoms with Crippen LogP contribution in [0, 0.1) is 13.8 Å². The maximum Gasteiger partial charge on any atom is 0.154 e. The third kappa shape index (κ3) is 3.96. The van der Waals surface area contributed by atoms with E-state index >= 15 is 0 Å². The third-order valence-electron chi connectivity index (χ3n) is 2.19. The Morgan fingerprint density at radius 2 is 2.13 bits per heavy atom. The quantitative estimate of drug-likeness (QED) is 0.631. The van der Waals surface area contributed by atoms with Crippen molar-refractivity contribution >= 4 is 16.9 Å². The first-order valence-corrected chi connectivity index (χ1v) is 6.11. The zero-order chi connectivity index (χ0) is 11.3. The molecule has 0 aliphatic rings. The standard InChI is InChI=1S/C12H18N2S/c1-4-14-12(13)15-8-11-7-9(2)5-6-10(11)3/h5-7H,4,8H2,1-3H3,(H2,13,14). The van der Waals surface area contributed by atoms with Gasteiger partial charge in [0, 0.05) is 12.3 Å². The van der Waals surface area contributed by atoms with Crippen molar-refractivity contribution in [1.82, 2.24) is 0 Å². The summed E-state index contributed by atoms with van der Waals surface area (Å²) in [4.78, 5) is 4.15. The number of benzene rings is 1. The molecule has 0 saturated carbocycles. The van der Waals surface area contributed by atoms with Crippen molar-refractivity contribution in [3.8, 4) is 0 Å². The summed E-state index contributed by atoms with van der Waals surface area (Å²) in [6.07, 6.45) is 0. The summed E-state index contributed by atoms with van der Waals surface area (Å²) >= 11 is 1.60. The van der Waals surface area contributed by atoms with Gasteiger partial charge in [-0.25, -0.2) is 0 Å². The third-order valence-corrected chi connectivity index (χ3v) is 3.07. The Labute approximate surface area is 96.0 Å². The molecule has 0 saturated heterocycles. The zero-order valence-corrected chi connectivity index (χ0v) is 10.4. The van der Waals surface area contributed by atoms with Gasteiger partial charge in [0.25, 0.3) is 0 Å². The Morgan fingerprint density at radius 1 is 1.40 bits per heavy atom. The summed E-state index contributed by atoms with van der Waals surface area (Å²) in [5.74, 6) is 0.906. The van der Waals surface area contributed by atoms with Crippen LogP contribution in [0.4, 0.5) is 0 Å². The van der Waals surface area contributed by atoms with Crippen LogP contribution in [-0.2, 0) is 5.75 Å². The lowest BCUT2D eigenvalue weighted by Crippen LogP contribution is -2.07. The second-order valence-electron chi connectivity index (χ2n) is 3.53. The van der Waals surface area contributed by atoms with Crippen LogP contribution in [0.1, 0.15) is 23.6 Å². The van der Waals surface area contributed by atoms with Crippen molar-refractivity contribution < 1.29 is 0 Å². The Morgan fingerprint density at radius 3 is 2.80 bits per heavy atom. The van der Waals surface area contributed by atoms with Gasteiger partial charge < -0.3 is 5.73 Å². The molecular formula is C12H18N2S. The number of aryl methyl sites for hydroxylation is 2. The first kappa shape index (κ1) is 12.1. The number of nitrogens with two attached hydrogens (primary N) is 1. The predicted molar refractivity (Wildman–Crippen MR) is 69.4 cm³/mol. The molecule has 3 heteroatoms. The van der Waals surface area contributed by atoms with Crippen molar-refractivity contribution in [3.63, 3.8) is 0 Å². The number of nitrogens with zero attached hydrogens (tertiary/aromatic N) is 1. The van der Waals surface area contributed by atoms with Gasteiger partial charge in [-0.15, -0.1) is 0 Å². The van der Waals surface area contributed by atoms with Gasteiger partial charge in [-0.2, -0.15) is 0 Å². The highest BCUT2D eigenvalue weighted by Gasteiger charge is 2.00. The number of rotatable bonds is 3. The van der Waals surface area contributed by atoms with Crippen molar-refractivity contribution in [2.24, 2.45) is 10.7 Å². The van der Waals surface area contributed by atoms with Gasteiger partial charge in [-0.05, 0) is 31.9 Å². The minimum atomic E-state index is 0.679. The van der Waals surface area contributed by atoms with Crippen LogP contribution in [0.2, 0.25) is 0 Å². The van der Waals surface area contributed by atoms with E-state index in [9.17, 15) is 0 Å². The molecular weight excluding hydrogens is 204 g/mol. The molecule has 82 valence electrons. The lowest BCUT2D eigenvalue weighted by molar-refractivity contribution is 1.13. The number of hydrogen-bond donors (Lipinski definition) is 1. The van der Waals surface area contributed by atoms with Crippen molar-refractivity contribution in [1.29, 1.82) is 0 Å². The molecule has 2 N–H and O–H groups in total. The topological polar surface area (TPSA) is 38.4 Å². The zero-order valence-electron chi connectivity index (χ0n) is 9.58. The largest absolute Gasteiger partial charge is 0.379 e. The van der Waals surface area contributed by atoms with Crippen LogP contribution in [0.3, 0.4) is 0 Å². The van der Waals surface area contributed by atoms with Gasteiger partial charge in [-0.1, -0.05) is 35.5 Å². The molecule has 0 aliphatic heterocycles. The average Bonchev–Trinajstić information content (AvgIpc) is 2.20. The highest BCUT2D eigenvalue weighted by Crippen LogP contribution is 2.17. The Hall–Kier alpha value is -0.960. The second-order valence-corrected chi connectivity index (χ2v) is 4.53. The Kier molecular flexibility index (Phi) is 4.69. The average molecular weight is 222 g/mol. The fourth-order valence-corrected chi connectivity index (χ4v) is 2.14. The van der Waals surface area contributed by atoms with Gasteiger partial charge in [0.2, 0.25) is 0 Å². The van der Waals surface area contributed by atoms with Crippen LogP contribution in [0.5, 0.6) is 0 Å². The van der Waals surface area contributed by atoms with Crippen LogP contribution in [0.15, 0.2) is 23.2 Å². The number of thioether (sulfide) groups is 1. The summed E-state index contributed by atoms with van der Waals surface area (Å²) in [5.41, 5.74) is 9.69. The van der Waals surface area contributed by atoms with E-state index in [1.54, 1.807) is 11.8 Å². The van der Waals surface area contributed by atoms with Gasteiger partial charge in [0.15, 0.2) is 5.17 Å². The normalized spacial score (nSPS) is 11.8. The summed E-state index contributed by atoms with van der Waals surface area (Å²) in [6.45, 7) is 6.98. The predicted octanol–water partition coefficient (Wildman–Crippen LogP) is 2.87. The molecule has 0 bridgehead atoms. The van der Waals surface area contributed by atoms with Crippen LogP contribution in [0.25, 0.3) is 0 Å². The minimum absolute atomic E-state index is 0.679. The second kappa shape index (κ2) is 5.81. The first-order valence-electron chi connectivity index (χ1n) is 5.12. The first-order chi connectivity index (χ1) is 7.13. The van der Waals surface area contributed by atoms with E-state index in [2.05, 4.69) is 37.0 Å². The van der Waals surface area contributed by atoms with Crippen LogP contribution >= 0.6 is 11.8 Å². The summed E-state index contributed by atoms with van der Waals surface area (Å²) in [6, 6.07) is 6.49. The van der Waals surface area contributed by atoms with E-state index in [0.29, 0.717) is 5.17 Å². The molecule has 2 nitrogen and oxygen atoms in total. The Bertz CT molecular complexity index is 359. The molecule has 0 atom stereocenters. The lowest BCUT2D eigenvalue weighted by atomic mass is 10.1. The van der Waals surface area contributed by atoms with E-state index in [0.717, 1.165) is 12.3 Å². The summed E-state index contributed by atoms with van der Waals surface area (Å²) in [5, 5.41) is 0.679. The highest BCUT2D eigenvalue weighted by molar-refractivity contribution is 8.13. The molecule has 1 aromatic rings. The lowest BCUT2D eigenvalue weighted by Gasteiger charge is -2.06. The number of hydrogen-bond acceptors (Lipinski definition) is 2. The fourth-order valence-electron chi connectivity index (χ4n) is 1.31. The molecule has 0 heterocycles. The minimum Gasteiger partial charge on any atom is -0.379 e. The van der Waals surface area contributed by atoms with Crippen LogP contribution < -0.4 is 5.73 Å². The molecule has 0 spiro atoms. The number of amidine groups is 1. The summed E-state index contributed by atoms with van der Waals surface area (Å²) in [7, 11) is 0. The van der Waals surface area contributed by atoms with Crippen LogP contribution in [-0.4, -0.2) is 11.7 Å². The van der Waals surface area contributed by atoms with Crippen molar-refractivity contribution in [2.75, 3.05) is 6.54 Å². The van der Waals surface area contributed by atoms with Gasteiger partial charge >= 0.3 is 0 Å². The SMILES string of the molecule is CC/N=C(\N)SCc1cc(C)ccc1C. The van der Waals surface area contributed by atoms with E-state index in [1.165, 1.54) is 16.7 Å². The van der Waals surface area contributed by atoms with E-state index in [1.807, 2.05) is 6.92 Å². The maximum atomic E-state index is 5.73. The van der Waals surface area contributed by atoms with Crippen molar-refractivity contribution in [3.05, 3.63) is 34.9 Å². The number of aliphatic imine (C=N–C) groups is 1. The monoisotopic (exact) mass is 222 g/mol. The van der Waals surface area contributed by atoms with Gasteiger partial charge in [0.1, 0.15) is 0 Å². The molecule has 1 rings (SSSR count). The smallest absolute Gasteiger partial charge is 0.154 e. The highest BCUT2D eigenvalue weighted by atomic mass is 32.2. The summed E-state index contributed by atoms with van der Waals surface area (Å²) < 4.78 is 0.